The lowest BCUT2D eigenvalue weighted by molar-refractivity contribution is -0.131. The number of unbranched alkanes of at least 4 members (excludes halogenated alkanes) is 1. The van der Waals surface area contributed by atoms with Crippen LogP contribution in [0.1, 0.15) is 29.5 Å². The van der Waals surface area contributed by atoms with E-state index in [1.165, 1.54) is 9.75 Å². The van der Waals surface area contributed by atoms with Gasteiger partial charge in [0.1, 0.15) is 0 Å². The maximum atomic E-state index is 12.3. The highest BCUT2D eigenvalue weighted by atomic mass is 32.1. The molecule has 101 valence electrons. The first kappa shape index (κ1) is 14.3. The van der Waals surface area contributed by atoms with Crippen molar-refractivity contribution in [3.8, 4) is 0 Å². The summed E-state index contributed by atoms with van der Waals surface area (Å²) in [5.74, 6) is 0.212. The van der Waals surface area contributed by atoms with Gasteiger partial charge in [-0.3, -0.25) is 4.79 Å². The first-order valence-corrected chi connectivity index (χ1v) is 8.19. The summed E-state index contributed by atoms with van der Waals surface area (Å²) < 4.78 is 0. The number of carbonyl (C=O) groups excluding carboxylic acids is 1. The van der Waals surface area contributed by atoms with Crippen LogP contribution in [0.2, 0.25) is 0 Å². The third kappa shape index (κ3) is 4.48. The lowest BCUT2D eigenvalue weighted by atomic mass is 10.2. The number of carbonyl (C=O) groups is 1. The summed E-state index contributed by atoms with van der Waals surface area (Å²) >= 11 is 3.41. The maximum Gasteiger partial charge on any atom is 0.223 e. The fraction of sp³-hybridized carbons (Fsp3) is 0.333. The molecule has 2 rings (SSSR count). The van der Waals surface area contributed by atoms with Crippen LogP contribution in [-0.4, -0.2) is 10.8 Å². The SMILES string of the molecule is CC[CH]CC(=O)N(Cc1cccs1)Cc1cccs1. The van der Waals surface area contributed by atoms with Gasteiger partial charge in [0.15, 0.2) is 0 Å². The first-order chi connectivity index (χ1) is 9.29. The summed E-state index contributed by atoms with van der Waals surface area (Å²) in [6.07, 6.45) is 3.52. The molecule has 0 bridgehead atoms. The van der Waals surface area contributed by atoms with Gasteiger partial charge in [0.25, 0.3) is 0 Å². The molecule has 2 aromatic rings. The van der Waals surface area contributed by atoms with Crippen molar-refractivity contribution in [1.29, 1.82) is 0 Å². The van der Waals surface area contributed by atoms with Crippen LogP contribution in [-0.2, 0) is 17.9 Å². The van der Waals surface area contributed by atoms with Gasteiger partial charge < -0.3 is 4.90 Å². The van der Waals surface area contributed by atoms with Gasteiger partial charge in [0, 0.05) is 16.2 Å². The van der Waals surface area contributed by atoms with E-state index in [9.17, 15) is 4.79 Å². The second-order valence-electron chi connectivity index (χ2n) is 4.31. The normalized spacial score (nSPS) is 10.6. The molecule has 0 aliphatic carbocycles. The molecular weight excluding hydrogens is 274 g/mol. The highest BCUT2D eigenvalue weighted by Crippen LogP contribution is 2.18. The minimum absolute atomic E-state index is 0.212. The van der Waals surface area contributed by atoms with Gasteiger partial charge in [0.05, 0.1) is 13.1 Å². The average molecular weight is 292 g/mol. The Morgan fingerprint density at radius 2 is 1.74 bits per heavy atom. The van der Waals surface area contributed by atoms with Crippen LogP contribution in [0.4, 0.5) is 0 Å². The molecule has 2 aromatic heterocycles. The van der Waals surface area contributed by atoms with Gasteiger partial charge in [-0.1, -0.05) is 25.5 Å². The molecule has 0 unspecified atom stereocenters. The van der Waals surface area contributed by atoms with Crippen molar-refractivity contribution in [2.45, 2.75) is 32.9 Å². The van der Waals surface area contributed by atoms with E-state index in [0.29, 0.717) is 19.5 Å². The van der Waals surface area contributed by atoms with E-state index in [2.05, 4.69) is 29.8 Å². The molecule has 2 nitrogen and oxygen atoms in total. The van der Waals surface area contributed by atoms with Crippen molar-refractivity contribution < 1.29 is 4.79 Å². The second-order valence-corrected chi connectivity index (χ2v) is 6.37. The molecule has 0 atom stereocenters. The molecule has 2 heterocycles. The van der Waals surface area contributed by atoms with Crippen LogP contribution in [0.25, 0.3) is 0 Å². The Bertz CT molecular complexity index is 440. The van der Waals surface area contributed by atoms with E-state index in [1.54, 1.807) is 22.7 Å². The molecule has 0 aliphatic heterocycles. The summed E-state index contributed by atoms with van der Waals surface area (Å²) in [6, 6.07) is 8.24. The zero-order valence-electron chi connectivity index (χ0n) is 11.0. The standard InChI is InChI=1S/C15H18NOS2/c1-2-3-8-15(17)16(11-13-6-4-9-18-13)12-14-7-5-10-19-14/h3-7,9-10H,2,8,11-12H2,1H3. The Kier molecular flexibility index (Phi) is 5.61. The molecule has 0 aliphatic rings. The Morgan fingerprint density at radius 3 is 2.16 bits per heavy atom. The number of hydrogen-bond donors (Lipinski definition) is 0. The number of thiophene rings is 2. The predicted octanol–water partition coefficient (Wildman–Crippen LogP) is 4.34. The molecule has 0 fully saturated rings. The van der Waals surface area contributed by atoms with Crippen LogP contribution in [0.5, 0.6) is 0 Å². The molecule has 4 heteroatoms. The quantitative estimate of drug-likeness (QED) is 0.743. The number of nitrogens with zero attached hydrogens (tertiary/aromatic N) is 1. The maximum absolute atomic E-state index is 12.3. The van der Waals surface area contributed by atoms with Gasteiger partial charge in [-0.25, -0.2) is 0 Å². The Labute approximate surface area is 122 Å². The fourth-order valence-corrected chi connectivity index (χ4v) is 3.25. The third-order valence-corrected chi connectivity index (χ3v) is 4.54. The van der Waals surface area contributed by atoms with Crippen molar-refractivity contribution >= 4 is 28.6 Å². The van der Waals surface area contributed by atoms with Gasteiger partial charge in [0.2, 0.25) is 5.91 Å². The predicted molar refractivity (Wildman–Crippen MR) is 82.1 cm³/mol. The van der Waals surface area contributed by atoms with Crippen molar-refractivity contribution in [1.82, 2.24) is 4.90 Å². The Hall–Kier alpha value is -1.13. The lowest BCUT2D eigenvalue weighted by Crippen LogP contribution is -2.29. The van der Waals surface area contributed by atoms with Crippen LogP contribution in [0.3, 0.4) is 0 Å². The van der Waals surface area contributed by atoms with Crippen molar-refractivity contribution in [2.75, 3.05) is 0 Å². The first-order valence-electron chi connectivity index (χ1n) is 6.43. The van der Waals surface area contributed by atoms with Crippen LogP contribution in [0, 0.1) is 6.42 Å². The third-order valence-electron chi connectivity index (χ3n) is 2.81. The molecule has 0 N–H and O–H groups in total. The molecule has 0 saturated carbocycles. The summed E-state index contributed by atoms with van der Waals surface area (Å²) in [4.78, 5) is 16.7. The summed E-state index contributed by atoms with van der Waals surface area (Å²) in [5, 5.41) is 4.11. The summed E-state index contributed by atoms with van der Waals surface area (Å²) in [6.45, 7) is 3.49. The van der Waals surface area contributed by atoms with Gasteiger partial charge in [-0.2, -0.15) is 0 Å². The fourth-order valence-electron chi connectivity index (χ4n) is 1.81. The van der Waals surface area contributed by atoms with E-state index < -0.39 is 0 Å². The topological polar surface area (TPSA) is 20.3 Å². The Balaban J connectivity index is 2.01. The average Bonchev–Trinajstić information content (AvgIpc) is 3.08. The Morgan fingerprint density at radius 1 is 1.16 bits per heavy atom. The minimum Gasteiger partial charge on any atom is -0.332 e. The van der Waals surface area contributed by atoms with E-state index >= 15 is 0 Å². The smallest absolute Gasteiger partial charge is 0.223 e. The van der Waals surface area contributed by atoms with Crippen molar-refractivity contribution in [3.63, 3.8) is 0 Å². The van der Waals surface area contributed by atoms with Gasteiger partial charge in [-0.05, 0) is 29.3 Å². The summed E-state index contributed by atoms with van der Waals surface area (Å²) in [7, 11) is 0. The number of amides is 1. The van der Waals surface area contributed by atoms with E-state index in [4.69, 9.17) is 0 Å². The van der Waals surface area contributed by atoms with Gasteiger partial charge >= 0.3 is 0 Å². The van der Waals surface area contributed by atoms with Crippen LogP contribution < -0.4 is 0 Å². The van der Waals surface area contributed by atoms with Crippen LogP contribution in [0.15, 0.2) is 35.0 Å². The molecule has 0 aromatic carbocycles. The molecule has 1 radical (unpaired) electrons. The molecule has 1 amide bonds. The van der Waals surface area contributed by atoms with E-state index in [1.807, 2.05) is 23.5 Å². The second kappa shape index (κ2) is 7.46. The van der Waals surface area contributed by atoms with Crippen molar-refractivity contribution in [2.24, 2.45) is 0 Å². The lowest BCUT2D eigenvalue weighted by Gasteiger charge is -2.21. The molecular formula is C15H18NOS2. The summed E-state index contributed by atoms with van der Waals surface area (Å²) in [5.41, 5.74) is 0. The monoisotopic (exact) mass is 292 g/mol. The molecule has 19 heavy (non-hydrogen) atoms. The number of rotatable bonds is 7. The van der Waals surface area contributed by atoms with Crippen molar-refractivity contribution in [3.05, 3.63) is 51.2 Å². The number of hydrogen-bond acceptors (Lipinski definition) is 3. The van der Waals surface area contributed by atoms with Crippen LogP contribution >= 0.6 is 22.7 Å². The van der Waals surface area contributed by atoms with E-state index in [0.717, 1.165) is 6.42 Å². The molecule has 0 saturated heterocycles. The minimum atomic E-state index is 0.212. The highest BCUT2D eigenvalue weighted by molar-refractivity contribution is 7.10. The highest BCUT2D eigenvalue weighted by Gasteiger charge is 2.15. The van der Waals surface area contributed by atoms with E-state index in [-0.39, 0.29) is 5.91 Å². The zero-order valence-corrected chi connectivity index (χ0v) is 12.7. The van der Waals surface area contributed by atoms with Gasteiger partial charge in [-0.15, -0.1) is 22.7 Å². The largest absolute Gasteiger partial charge is 0.332 e. The zero-order chi connectivity index (χ0) is 13.5. The molecule has 0 spiro atoms.